The number of hydrogen-bond acceptors (Lipinski definition) is 9. The molecule has 0 amide bonds. The van der Waals surface area contributed by atoms with Crippen LogP contribution in [0.4, 0.5) is 21.8 Å². The number of Topliss-reactive ketones (excluding diaryl/α,β-unsaturated/α-hetero) is 1. The van der Waals surface area contributed by atoms with Crippen molar-refractivity contribution in [2.45, 2.75) is 37.0 Å². The van der Waals surface area contributed by atoms with Gasteiger partial charge in [-0.05, 0) is 43.9 Å². The van der Waals surface area contributed by atoms with Crippen LogP contribution in [0.3, 0.4) is 0 Å². The van der Waals surface area contributed by atoms with Crippen LogP contribution in [0, 0.1) is 11.7 Å². The Kier molecular flexibility index (Phi) is 7.17. The molecule has 184 valence electrons. The number of carbonyl (C=O) groups excluding carboxylic acids is 1. The Labute approximate surface area is 209 Å². The van der Waals surface area contributed by atoms with Gasteiger partial charge in [-0.1, -0.05) is 11.6 Å². The first-order valence-electron chi connectivity index (χ1n) is 11.6. The number of nitrogens with one attached hydrogen (secondary N) is 3. The van der Waals surface area contributed by atoms with Crippen molar-refractivity contribution in [3.05, 3.63) is 41.6 Å². The molecule has 2 fully saturated rings. The molecule has 1 saturated heterocycles. The van der Waals surface area contributed by atoms with Crippen molar-refractivity contribution in [3.8, 4) is 0 Å². The summed E-state index contributed by atoms with van der Waals surface area (Å²) >= 11 is 5.89. The molecule has 2 unspecified atom stereocenters. The van der Waals surface area contributed by atoms with E-state index in [1.54, 1.807) is 12.3 Å². The highest BCUT2D eigenvalue weighted by Gasteiger charge is 2.35. The minimum Gasteiger partial charge on any atom is -0.351 e. The number of halogens is 2. The van der Waals surface area contributed by atoms with Crippen LogP contribution in [0.25, 0.3) is 11.0 Å². The first-order chi connectivity index (χ1) is 17.0. The number of anilines is 3. The van der Waals surface area contributed by atoms with E-state index in [4.69, 9.17) is 11.6 Å². The van der Waals surface area contributed by atoms with E-state index in [2.05, 4.69) is 35.9 Å². The van der Waals surface area contributed by atoms with Gasteiger partial charge in [-0.15, -0.1) is 0 Å². The number of nitrogens with zero attached hydrogens (tertiary/aromatic N) is 4. The Hall–Kier alpha value is -2.76. The summed E-state index contributed by atoms with van der Waals surface area (Å²) in [5, 5.41) is 9.28. The standard InChI is InChI=1S/C23H25ClFN7O2S/c24-16-9-15(5-6-17(16)25)30-22-20-18(28-12-29-22)10-27-23(32-20)31-14-3-1-13(2-4-14)21(33)19-11-26-7-8-35(19)34/h5-6,9-10,12-14,19,26H,1-4,7-8,11H2,(H,27,31,32)(H,28,29,30). The quantitative estimate of drug-likeness (QED) is 0.452. The molecule has 0 spiro atoms. The van der Waals surface area contributed by atoms with E-state index in [0.717, 1.165) is 25.7 Å². The van der Waals surface area contributed by atoms with Crippen LogP contribution in [-0.4, -0.2) is 60.1 Å². The lowest BCUT2D eigenvalue weighted by molar-refractivity contribution is -0.123. The number of hydrogen-bond donors (Lipinski definition) is 3. The third-order valence-electron chi connectivity index (χ3n) is 6.47. The van der Waals surface area contributed by atoms with Crippen LogP contribution in [0.5, 0.6) is 0 Å². The Morgan fingerprint density at radius 2 is 2.00 bits per heavy atom. The lowest BCUT2D eigenvalue weighted by Gasteiger charge is -2.31. The van der Waals surface area contributed by atoms with E-state index in [1.807, 2.05) is 0 Å². The molecule has 3 heterocycles. The molecule has 3 aromatic rings. The Morgan fingerprint density at radius 1 is 1.17 bits per heavy atom. The number of ketones is 1. The second kappa shape index (κ2) is 10.5. The smallest absolute Gasteiger partial charge is 0.223 e. The molecule has 1 aliphatic heterocycles. The number of benzene rings is 1. The van der Waals surface area contributed by atoms with E-state index in [9.17, 15) is 13.4 Å². The Balaban J connectivity index is 1.25. The molecular formula is C23H25ClFN7O2S. The van der Waals surface area contributed by atoms with Crippen molar-refractivity contribution in [1.29, 1.82) is 0 Å². The second-order valence-corrected chi connectivity index (χ2v) is 10.9. The van der Waals surface area contributed by atoms with Gasteiger partial charge in [-0.25, -0.2) is 24.3 Å². The van der Waals surface area contributed by atoms with Crippen molar-refractivity contribution in [2.75, 3.05) is 29.5 Å². The molecule has 9 nitrogen and oxygen atoms in total. The first-order valence-corrected chi connectivity index (χ1v) is 13.3. The SMILES string of the molecule is O=C(C1CCC(Nc2ncc3ncnc(Nc4ccc(F)c(Cl)c4)c3n2)CC1)C1CNCCS1=O. The van der Waals surface area contributed by atoms with Crippen LogP contribution in [0.15, 0.2) is 30.7 Å². The third kappa shape index (κ3) is 5.41. The molecule has 35 heavy (non-hydrogen) atoms. The van der Waals surface area contributed by atoms with E-state index in [-0.39, 0.29) is 28.0 Å². The Bertz CT molecular complexity index is 1270. The summed E-state index contributed by atoms with van der Waals surface area (Å²) in [6.45, 7) is 1.22. The van der Waals surface area contributed by atoms with E-state index >= 15 is 0 Å². The van der Waals surface area contributed by atoms with Crippen molar-refractivity contribution in [2.24, 2.45) is 5.92 Å². The minimum atomic E-state index is -1.07. The molecule has 1 saturated carbocycles. The van der Waals surface area contributed by atoms with Gasteiger partial charge in [0.1, 0.15) is 28.4 Å². The molecule has 2 atom stereocenters. The minimum absolute atomic E-state index is 0.00502. The zero-order valence-electron chi connectivity index (χ0n) is 18.8. The van der Waals surface area contributed by atoms with Gasteiger partial charge in [-0.3, -0.25) is 9.00 Å². The number of fused-ring (bicyclic) bond motifs is 1. The van der Waals surface area contributed by atoms with E-state index in [1.165, 1.54) is 18.5 Å². The maximum Gasteiger partial charge on any atom is 0.223 e. The van der Waals surface area contributed by atoms with Gasteiger partial charge < -0.3 is 16.0 Å². The van der Waals surface area contributed by atoms with E-state index < -0.39 is 16.6 Å². The zero-order valence-corrected chi connectivity index (χ0v) is 20.4. The summed E-state index contributed by atoms with van der Waals surface area (Å²) in [6, 6.07) is 4.45. The molecule has 2 aliphatic rings. The fourth-order valence-corrected chi connectivity index (χ4v) is 6.13. The fraction of sp³-hybridized carbons (Fsp3) is 0.435. The van der Waals surface area contributed by atoms with Gasteiger partial charge >= 0.3 is 0 Å². The summed E-state index contributed by atoms with van der Waals surface area (Å²) in [5.74, 6) is 1.02. The molecule has 1 aromatic carbocycles. The van der Waals surface area contributed by atoms with Crippen molar-refractivity contribution < 1.29 is 13.4 Å². The molecule has 0 radical (unpaired) electrons. The summed E-state index contributed by atoms with van der Waals surface area (Å²) in [5.41, 5.74) is 1.65. The Morgan fingerprint density at radius 3 is 2.77 bits per heavy atom. The van der Waals surface area contributed by atoms with Crippen LogP contribution in [0.1, 0.15) is 25.7 Å². The molecule has 1 aliphatic carbocycles. The fourth-order valence-electron chi connectivity index (χ4n) is 4.56. The lowest BCUT2D eigenvalue weighted by Crippen LogP contribution is -2.47. The number of carbonyl (C=O) groups is 1. The molecule has 2 aromatic heterocycles. The number of aromatic nitrogens is 4. The maximum absolute atomic E-state index is 13.5. The van der Waals surface area contributed by atoms with Gasteiger partial charge in [0.2, 0.25) is 5.95 Å². The number of rotatable bonds is 6. The predicted octanol–water partition coefficient (Wildman–Crippen LogP) is 3.22. The topological polar surface area (TPSA) is 122 Å². The predicted molar refractivity (Wildman–Crippen MR) is 134 cm³/mol. The molecule has 0 bridgehead atoms. The van der Waals surface area contributed by atoms with Gasteiger partial charge in [0.25, 0.3) is 0 Å². The summed E-state index contributed by atoms with van der Waals surface area (Å²) in [6.07, 6.45) is 6.12. The van der Waals surface area contributed by atoms with Crippen molar-refractivity contribution >= 4 is 56.7 Å². The highest BCUT2D eigenvalue weighted by Crippen LogP contribution is 2.30. The van der Waals surface area contributed by atoms with Crippen LogP contribution in [0.2, 0.25) is 5.02 Å². The molecule has 12 heteroatoms. The monoisotopic (exact) mass is 517 g/mol. The lowest BCUT2D eigenvalue weighted by atomic mass is 9.82. The van der Waals surface area contributed by atoms with Crippen molar-refractivity contribution in [3.63, 3.8) is 0 Å². The van der Waals surface area contributed by atoms with Gasteiger partial charge in [0.05, 0.1) is 11.2 Å². The maximum atomic E-state index is 13.5. The summed E-state index contributed by atoms with van der Waals surface area (Å²) in [4.78, 5) is 30.4. The molecular weight excluding hydrogens is 493 g/mol. The zero-order chi connectivity index (χ0) is 24.4. The largest absolute Gasteiger partial charge is 0.351 e. The second-order valence-electron chi connectivity index (χ2n) is 8.78. The normalized spacial score (nSPS) is 24.7. The average molecular weight is 518 g/mol. The van der Waals surface area contributed by atoms with Crippen LogP contribution in [-0.2, 0) is 15.6 Å². The van der Waals surface area contributed by atoms with Gasteiger partial charge in [0, 0.05) is 47.3 Å². The summed E-state index contributed by atoms with van der Waals surface area (Å²) < 4.78 is 25.7. The average Bonchev–Trinajstić information content (AvgIpc) is 2.87. The van der Waals surface area contributed by atoms with Crippen LogP contribution < -0.4 is 16.0 Å². The van der Waals surface area contributed by atoms with Gasteiger partial charge in [0.15, 0.2) is 11.6 Å². The van der Waals surface area contributed by atoms with E-state index in [0.29, 0.717) is 47.3 Å². The third-order valence-corrected chi connectivity index (χ3v) is 8.40. The highest BCUT2D eigenvalue weighted by atomic mass is 35.5. The molecule has 5 rings (SSSR count). The van der Waals surface area contributed by atoms with Gasteiger partial charge in [-0.2, -0.15) is 0 Å². The van der Waals surface area contributed by atoms with Crippen molar-refractivity contribution in [1.82, 2.24) is 25.3 Å². The van der Waals surface area contributed by atoms with Crippen LogP contribution >= 0.6 is 11.6 Å². The summed E-state index contributed by atoms with van der Waals surface area (Å²) in [7, 11) is -1.07. The molecule has 3 N–H and O–H groups in total. The highest BCUT2D eigenvalue weighted by molar-refractivity contribution is 7.86. The first kappa shape index (κ1) is 24.0.